The van der Waals surface area contributed by atoms with Gasteiger partial charge in [-0.1, -0.05) is 30.3 Å². The van der Waals surface area contributed by atoms with Crippen molar-refractivity contribution >= 4 is 11.8 Å². The van der Waals surface area contributed by atoms with E-state index in [1.807, 2.05) is 30.3 Å². The second kappa shape index (κ2) is 5.08. The van der Waals surface area contributed by atoms with Gasteiger partial charge in [-0.15, -0.1) is 0 Å². The van der Waals surface area contributed by atoms with Crippen molar-refractivity contribution in [3.63, 3.8) is 0 Å². The Hall–Kier alpha value is -2.89. The monoisotopic (exact) mass is 312 g/mol. The zero-order valence-corrected chi connectivity index (χ0v) is 12.0. The molecule has 1 amide bonds. The molecule has 6 heteroatoms. The van der Waals surface area contributed by atoms with Crippen LogP contribution in [0.1, 0.15) is 17.2 Å². The number of benzene rings is 2. The first-order valence-corrected chi connectivity index (χ1v) is 7.23. The zero-order chi connectivity index (χ0) is 16.0. The van der Waals surface area contributed by atoms with Crippen molar-refractivity contribution in [2.24, 2.45) is 11.0 Å². The predicted molar refractivity (Wildman–Crippen MR) is 81.0 cm³/mol. The summed E-state index contributed by atoms with van der Waals surface area (Å²) in [6.45, 7) is 0.306. The summed E-state index contributed by atoms with van der Waals surface area (Å²) < 4.78 is 19.3. The lowest BCUT2D eigenvalue weighted by Gasteiger charge is -2.28. The van der Waals surface area contributed by atoms with E-state index in [-0.39, 0.29) is 5.92 Å². The Bertz CT molecular complexity index is 807. The summed E-state index contributed by atoms with van der Waals surface area (Å²) in [6, 6.07) is 13.0. The van der Waals surface area contributed by atoms with Gasteiger partial charge in [0.05, 0.1) is 24.3 Å². The molecule has 0 fully saturated rings. The summed E-state index contributed by atoms with van der Waals surface area (Å²) in [6.07, 6.45) is -1.14. The van der Waals surface area contributed by atoms with Gasteiger partial charge >= 0.3 is 6.09 Å². The molecule has 116 valence electrons. The smallest absolute Gasteiger partial charge is 0.428 e. The maximum absolute atomic E-state index is 13.6. The Balaban J connectivity index is 1.83. The Morgan fingerprint density at radius 1 is 1.26 bits per heavy atom. The number of halogens is 1. The standard InChI is InChI=1S/C17H13FN2O3/c18-11-6-7-14-12(8-11)15-13(9-23-14)16(20(19-15)17(21)22)10-4-2-1-3-5-10/h1-8,13,16H,9H2,(H,21,22). The van der Waals surface area contributed by atoms with Gasteiger partial charge in [0.1, 0.15) is 11.6 Å². The lowest BCUT2D eigenvalue weighted by atomic mass is 9.86. The second-order valence-corrected chi connectivity index (χ2v) is 5.53. The number of fused-ring (bicyclic) bond motifs is 3. The van der Waals surface area contributed by atoms with Crippen molar-refractivity contribution in [1.82, 2.24) is 5.01 Å². The number of nitrogens with zero attached hydrogens (tertiary/aromatic N) is 2. The summed E-state index contributed by atoms with van der Waals surface area (Å²) in [5, 5.41) is 14.8. The van der Waals surface area contributed by atoms with Gasteiger partial charge < -0.3 is 9.84 Å². The van der Waals surface area contributed by atoms with Crippen molar-refractivity contribution in [3.05, 3.63) is 65.5 Å². The van der Waals surface area contributed by atoms with Crippen LogP contribution in [0, 0.1) is 11.7 Å². The molecule has 0 spiro atoms. The molecule has 4 rings (SSSR count). The first kappa shape index (κ1) is 13.8. The van der Waals surface area contributed by atoms with Gasteiger partial charge in [-0.2, -0.15) is 10.1 Å². The molecule has 2 aliphatic heterocycles. The average molecular weight is 312 g/mol. The molecule has 0 saturated heterocycles. The van der Waals surface area contributed by atoms with Crippen LogP contribution < -0.4 is 4.74 Å². The fraction of sp³-hybridized carbons (Fsp3) is 0.176. The topological polar surface area (TPSA) is 62.1 Å². The summed E-state index contributed by atoms with van der Waals surface area (Å²) in [4.78, 5) is 11.6. The Morgan fingerprint density at radius 3 is 2.78 bits per heavy atom. The molecule has 1 N–H and O–H groups in total. The summed E-state index contributed by atoms with van der Waals surface area (Å²) in [5.41, 5.74) is 1.91. The molecule has 2 unspecified atom stereocenters. The molecule has 0 bridgehead atoms. The van der Waals surface area contributed by atoms with Crippen LogP contribution in [0.2, 0.25) is 0 Å². The van der Waals surface area contributed by atoms with Crippen LogP contribution in [-0.2, 0) is 0 Å². The summed E-state index contributed by atoms with van der Waals surface area (Å²) in [5.74, 6) is -0.135. The number of rotatable bonds is 1. The van der Waals surface area contributed by atoms with E-state index in [9.17, 15) is 14.3 Å². The first-order valence-electron chi connectivity index (χ1n) is 7.23. The van der Waals surface area contributed by atoms with Gasteiger partial charge in [-0.3, -0.25) is 0 Å². The minimum absolute atomic E-state index is 0.261. The number of carbonyl (C=O) groups is 1. The number of amides is 1. The first-order chi connectivity index (χ1) is 11.1. The Labute approximate surface area is 131 Å². The minimum atomic E-state index is -1.14. The van der Waals surface area contributed by atoms with Gasteiger partial charge in [0.2, 0.25) is 0 Å². The highest BCUT2D eigenvalue weighted by atomic mass is 19.1. The van der Waals surface area contributed by atoms with E-state index in [0.29, 0.717) is 23.6 Å². The van der Waals surface area contributed by atoms with Crippen molar-refractivity contribution in [2.75, 3.05) is 6.61 Å². The van der Waals surface area contributed by atoms with Gasteiger partial charge in [0, 0.05) is 5.56 Å². The van der Waals surface area contributed by atoms with Crippen molar-refractivity contribution in [2.45, 2.75) is 6.04 Å². The van der Waals surface area contributed by atoms with Crippen molar-refractivity contribution in [3.8, 4) is 5.75 Å². The highest BCUT2D eigenvalue weighted by molar-refractivity contribution is 6.07. The molecule has 0 aliphatic carbocycles. The van der Waals surface area contributed by atoms with Gasteiger partial charge in [0.15, 0.2) is 0 Å². The van der Waals surface area contributed by atoms with E-state index < -0.39 is 18.0 Å². The Morgan fingerprint density at radius 2 is 2.04 bits per heavy atom. The van der Waals surface area contributed by atoms with E-state index in [1.165, 1.54) is 12.1 Å². The predicted octanol–water partition coefficient (Wildman–Crippen LogP) is 3.27. The lowest BCUT2D eigenvalue weighted by molar-refractivity contribution is 0.118. The highest BCUT2D eigenvalue weighted by Gasteiger charge is 2.45. The van der Waals surface area contributed by atoms with Gasteiger partial charge in [-0.05, 0) is 23.8 Å². The van der Waals surface area contributed by atoms with Gasteiger partial charge in [-0.25, -0.2) is 9.18 Å². The third kappa shape index (κ3) is 2.14. The van der Waals surface area contributed by atoms with E-state index in [1.54, 1.807) is 6.07 Å². The molecule has 0 aromatic heterocycles. The highest BCUT2D eigenvalue weighted by Crippen LogP contribution is 2.42. The van der Waals surface area contributed by atoms with E-state index >= 15 is 0 Å². The number of carboxylic acid groups (broad SMARTS) is 1. The maximum Gasteiger partial charge on any atom is 0.428 e. The number of hydrazone groups is 1. The number of ether oxygens (including phenoxy) is 1. The molecule has 2 aromatic carbocycles. The molecule has 2 aliphatic rings. The molecule has 5 nitrogen and oxygen atoms in total. The van der Waals surface area contributed by atoms with Crippen LogP contribution in [0.4, 0.5) is 9.18 Å². The normalized spacial score (nSPS) is 22.0. The number of hydrogen-bond donors (Lipinski definition) is 1. The lowest BCUT2D eigenvalue weighted by Crippen LogP contribution is -2.34. The average Bonchev–Trinajstić information content (AvgIpc) is 2.96. The molecule has 0 radical (unpaired) electrons. The minimum Gasteiger partial charge on any atom is -0.492 e. The molecule has 23 heavy (non-hydrogen) atoms. The van der Waals surface area contributed by atoms with Gasteiger partial charge in [0.25, 0.3) is 0 Å². The molecule has 2 heterocycles. The van der Waals surface area contributed by atoms with Crippen LogP contribution in [-0.4, -0.2) is 28.5 Å². The van der Waals surface area contributed by atoms with Crippen LogP contribution in [0.3, 0.4) is 0 Å². The second-order valence-electron chi connectivity index (χ2n) is 5.53. The van der Waals surface area contributed by atoms with Crippen LogP contribution in [0.25, 0.3) is 0 Å². The fourth-order valence-corrected chi connectivity index (χ4v) is 3.19. The Kier molecular flexibility index (Phi) is 3.04. The van der Waals surface area contributed by atoms with E-state index in [0.717, 1.165) is 10.6 Å². The number of hydrogen-bond acceptors (Lipinski definition) is 3. The summed E-state index contributed by atoms with van der Waals surface area (Å²) in [7, 11) is 0. The third-order valence-electron chi connectivity index (χ3n) is 4.18. The molecular weight excluding hydrogens is 299 g/mol. The quantitative estimate of drug-likeness (QED) is 0.879. The SMILES string of the molecule is O=C(O)N1N=C2c3cc(F)ccc3OCC2C1c1ccccc1. The molecule has 0 saturated carbocycles. The van der Waals surface area contributed by atoms with Crippen LogP contribution >= 0.6 is 0 Å². The molecule has 2 atom stereocenters. The van der Waals surface area contributed by atoms with E-state index in [4.69, 9.17) is 4.74 Å². The largest absolute Gasteiger partial charge is 0.492 e. The van der Waals surface area contributed by atoms with Crippen molar-refractivity contribution in [1.29, 1.82) is 0 Å². The van der Waals surface area contributed by atoms with E-state index in [2.05, 4.69) is 5.10 Å². The molecule has 2 aromatic rings. The van der Waals surface area contributed by atoms with Crippen LogP contribution in [0.15, 0.2) is 53.6 Å². The third-order valence-corrected chi connectivity index (χ3v) is 4.18. The van der Waals surface area contributed by atoms with Crippen LogP contribution in [0.5, 0.6) is 5.75 Å². The fourth-order valence-electron chi connectivity index (χ4n) is 3.19. The molecular formula is C17H13FN2O3. The zero-order valence-electron chi connectivity index (χ0n) is 12.0. The maximum atomic E-state index is 13.6. The summed E-state index contributed by atoms with van der Waals surface area (Å²) >= 11 is 0. The van der Waals surface area contributed by atoms with Crippen molar-refractivity contribution < 1.29 is 19.0 Å².